The molecule has 17 heavy (non-hydrogen) atoms. The van der Waals surface area contributed by atoms with E-state index in [-0.39, 0.29) is 19.1 Å². The molecule has 7 nitrogen and oxygen atoms in total. The summed E-state index contributed by atoms with van der Waals surface area (Å²) in [4.78, 5) is 24.1. The van der Waals surface area contributed by atoms with Gasteiger partial charge in [-0.1, -0.05) is 0 Å². The first-order valence-electron chi connectivity index (χ1n) is 5.45. The molecule has 0 aliphatic carbocycles. The van der Waals surface area contributed by atoms with Gasteiger partial charge in [-0.3, -0.25) is 14.5 Å². The van der Waals surface area contributed by atoms with Crippen LogP contribution in [0.15, 0.2) is 0 Å². The Hall–Kier alpha value is -1.18. The fraction of sp³-hybridized carbons (Fsp3) is 0.800. The first-order valence-corrected chi connectivity index (χ1v) is 5.45. The molecular formula is C10H18N2O5. The number of amides is 1. The topological polar surface area (TPSA) is 88.1 Å². The van der Waals surface area contributed by atoms with Crippen LogP contribution >= 0.6 is 0 Å². The van der Waals surface area contributed by atoms with Crippen LogP contribution in [0.4, 0.5) is 0 Å². The molecule has 0 aromatic rings. The molecule has 1 atom stereocenters. The van der Waals surface area contributed by atoms with Crippen LogP contribution in [0.25, 0.3) is 0 Å². The summed E-state index contributed by atoms with van der Waals surface area (Å²) in [6, 6.07) is -0.739. The SMILES string of the molecule is COCCNC(=O)CN1CCOCC1C(=O)O. The van der Waals surface area contributed by atoms with E-state index < -0.39 is 12.0 Å². The summed E-state index contributed by atoms with van der Waals surface area (Å²) in [7, 11) is 1.55. The molecule has 7 heteroatoms. The van der Waals surface area contributed by atoms with Gasteiger partial charge in [-0.05, 0) is 0 Å². The van der Waals surface area contributed by atoms with Gasteiger partial charge in [0.15, 0.2) is 0 Å². The van der Waals surface area contributed by atoms with Crippen LogP contribution in [0.5, 0.6) is 0 Å². The predicted molar refractivity (Wildman–Crippen MR) is 58.7 cm³/mol. The molecule has 1 amide bonds. The highest BCUT2D eigenvalue weighted by atomic mass is 16.5. The van der Waals surface area contributed by atoms with Gasteiger partial charge in [0.2, 0.25) is 5.91 Å². The summed E-state index contributed by atoms with van der Waals surface area (Å²) in [5, 5.41) is 11.6. The molecule has 1 fully saturated rings. The molecule has 1 rings (SSSR count). The minimum atomic E-state index is -0.964. The van der Waals surface area contributed by atoms with Gasteiger partial charge in [0.1, 0.15) is 6.04 Å². The van der Waals surface area contributed by atoms with Gasteiger partial charge in [0.25, 0.3) is 0 Å². The maximum atomic E-state index is 11.5. The van der Waals surface area contributed by atoms with Gasteiger partial charge >= 0.3 is 5.97 Å². The number of hydrogen-bond donors (Lipinski definition) is 2. The van der Waals surface area contributed by atoms with Gasteiger partial charge in [-0.15, -0.1) is 0 Å². The molecule has 0 spiro atoms. The first-order chi connectivity index (χ1) is 8.15. The van der Waals surface area contributed by atoms with Gasteiger partial charge in [-0.25, -0.2) is 0 Å². The lowest BCUT2D eigenvalue weighted by Crippen LogP contribution is -2.53. The fourth-order valence-electron chi connectivity index (χ4n) is 1.59. The molecule has 1 unspecified atom stereocenters. The quantitative estimate of drug-likeness (QED) is 0.557. The Morgan fingerprint density at radius 3 is 3.00 bits per heavy atom. The van der Waals surface area contributed by atoms with E-state index in [2.05, 4.69) is 5.32 Å². The normalized spacial score (nSPS) is 21.1. The maximum absolute atomic E-state index is 11.5. The van der Waals surface area contributed by atoms with Crippen LogP contribution < -0.4 is 5.32 Å². The number of rotatable bonds is 6. The van der Waals surface area contributed by atoms with E-state index >= 15 is 0 Å². The Morgan fingerprint density at radius 2 is 2.35 bits per heavy atom. The zero-order valence-corrected chi connectivity index (χ0v) is 9.85. The van der Waals surface area contributed by atoms with Crippen LogP contribution in [-0.2, 0) is 19.1 Å². The van der Waals surface area contributed by atoms with Gasteiger partial charge in [0, 0.05) is 20.2 Å². The van der Waals surface area contributed by atoms with Gasteiger partial charge < -0.3 is 19.9 Å². The van der Waals surface area contributed by atoms with E-state index in [1.165, 1.54) is 0 Å². The third kappa shape index (κ3) is 4.68. The number of ether oxygens (including phenoxy) is 2. The minimum Gasteiger partial charge on any atom is -0.480 e. The molecule has 0 aromatic heterocycles. The molecule has 0 saturated carbocycles. The number of hydrogen-bond acceptors (Lipinski definition) is 5. The number of carboxylic acid groups (broad SMARTS) is 1. The summed E-state index contributed by atoms with van der Waals surface area (Å²) in [6.45, 7) is 1.98. The van der Waals surface area contributed by atoms with Crippen molar-refractivity contribution < 1.29 is 24.2 Å². The standard InChI is InChI=1S/C10H18N2O5/c1-16-4-2-11-9(13)6-12-3-5-17-7-8(12)10(14)15/h8H,2-7H2,1H3,(H,11,13)(H,14,15). The Kier molecular flexibility index (Phi) is 5.88. The van der Waals surface area contributed by atoms with Gasteiger partial charge in [0.05, 0.1) is 26.4 Å². The number of nitrogens with zero attached hydrogens (tertiary/aromatic N) is 1. The molecule has 1 heterocycles. The summed E-state index contributed by atoms with van der Waals surface area (Å²) in [5.74, 6) is -1.16. The van der Waals surface area contributed by atoms with E-state index in [4.69, 9.17) is 14.6 Å². The Labute approximate surface area is 99.7 Å². The van der Waals surface area contributed by atoms with E-state index in [1.54, 1.807) is 12.0 Å². The zero-order chi connectivity index (χ0) is 12.7. The van der Waals surface area contributed by atoms with E-state index in [1.807, 2.05) is 0 Å². The van der Waals surface area contributed by atoms with Crippen LogP contribution in [0, 0.1) is 0 Å². The van der Waals surface area contributed by atoms with Crippen molar-refractivity contribution in [3.8, 4) is 0 Å². The molecule has 2 N–H and O–H groups in total. The first kappa shape index (κ1) is 13.9. The van der Waals surface area contributed by atoms with Gasteiger partial charge in [-0.2, -0.15) is 0 Å². The molecule has 0 aromatic carbocycles. The van der Waals surface area contributed by atoms with E-state index in [9.17, 15) is 9.59 Å². The Bertz CT molecular complexity index is 271. The molecular weight excluding hydrogens is 228 g/mol. The largest absolute Gasteiger partial charge is 0.480 e. The average Bonchev–Trinajstić information content (AvgIpc) is 2.29. The smallest absolute Gasteiger partial charge is 0.323 e. The van der Waals surface area contributed by atoms with Crippen LogP contribution in [0.1, 0.15) is 0 Å². The number of methoxy groups -OCH3 is 1. The summed E-state index contributed by atoms with van der Waals surface area (Å²) in [6.07, 6.45) is 0. The van der Waals surface area contributed by atoms with Crippen molar-refractivity contribution >= 4 is 11.9 Å². The minimum absolute atomic E-state index is 0.0735. The maximum Gasteiger partial charge on any atom is 0.323 e. The average molecular weight is 246 g/mol. The number of morpholine rings is 1. The highest BCUT2D eigenvalue weighted by molar-refractivity contribution is 5.80. The monoisotopic (exact) mass is 246 g/mol. The van der Waals surface area contributed by atoms with Crippen molar-refractivity contribution in [3.05, 3.63) is 0 Å². The second-order valence-electron chi connectivity index (χ2n) is 3.74. The number of carbonyl (C=O) groups is 2. The van der Waals surface area contributed by atoms with Crippen molar-refractivity contribution in [3.63, 3.8) is 0 Å². The Balaban J connectivity index is 2.36. The zero-order valence-electron chi connectivity index (χ0n) is 9.85. The third-order valence-electron chi connectivity index (χ3n) is 2.50. The number of carbonyl (C=O) groups excluding carboxylic acids is 1. The van der Waals surface area contributed by atoms with Crippen molar-refractivity contribution in [2.24, 2.45) is 0 Å². The van der Waals surface area contributed by atoms with Crippen LogP contribution in [0.2, 0.25) is 0 Å². The lowest BCUT2D eigenvalue weighted by Gasteiger charge is -2.32. The predicted octanol–water partition coefficient (Wildman–Crippen LogP) is -1.47. The molecule has 0 bridgehead atoms. The van der Waals surface area contributed by atoms with Crippen LogP contribution in [0.3, 0.4) is 0 Å². The second kappa shape index (κ2) is 7.21. The number of nitrogens with one attached hydrogen (secondary N) is 1. The molecule has 98 valence electrons. The highest BCUT2D eigenvalue weighted by Gasteiger charge is 2.30. The Morgan fingerprint density at radius 1 is 1.59 bits per heavy atom. The highest BCUT2D eigenvalue weighted by Crippen LogP contribution is 2.06. The van der Waals surface area contributed by atoms with Crippen molar-refractivity contribution in [2.45, 2.75) is 6.04 Å². The van der Waals surface area contributed by atoms with E-state index in [0.717, 1.165) is 0 Å². The third-order valence-corrected chi connectivity index (χ3v) is 2.50. The van der Waals surface area contributed by atoms with Crippen molar-refractivity contribution in [2.75, 3.05) is 46.6 Å². The molecule has 1 aliphatic heterocycles. The van der Waals surface area contributed by atoms with Crippen LogP contribution in [-0.4, -0.2) is 74.5 Å². The fourth-order valence-corrected chi connectivity index (χ4v) is 1.59. The summed E-state index contributed by atoms with van der Waals surface area (Å²) < 4.78 is 9.88. The number of aliphatic carboxylic acids is 1. The van der Waals surface area contributed by atoms with Crippen molar-refractivity contribution in [1.82, 2.24) is 10.2 Å². The summed E-state index contributed by atoms with van der Waals surface area (Å²) in [5.41, 5.74) is 0. The second-order valence-corrected chi connectivity index (χ2v) is 3.74. The lowest BCUT2D eigenvalue weighted by molar-refractivity contribution is -0.150. The lowest BCUT2D eigenvalue weighted by atomic mass is 10.2. The summed E-state index contributed by atoms with van der Waals surface area (Å²) >= 11 is 0. The number of carboxylic acids is 1. The molecule has 0 radical (unpaired) electrons. The molecule has 1 saturated heterocycles. The van der Waals surface area contributed by atoms with E-state index in [0.29, 0.717) is 26.3 Å². The molecule has 1 aliphatic rings. The van der Waals surface area contributed by atoms with Crippen molar-refractivity contribution in [1.29, 1.82) is 0 Å².